The van der Waals surface area contributed by atoms with Gasteiger partial charge in [-0.15, -0.1) is 0 Å². The number of fused-ring (bicyclic) bond motifs is 1. The predicted molar refractivity (Wildman–Crippen MR) is 118 cm³/mol. The highest BCUT2D eigenvalue weighted by atomic mass is 35.5. The van der Waals surface area contributed by atoms with Crippen LogP contribution in [-0.2, 0) is 4.43 Å². The Morgan fingerprint density at radius 1 is 1.21 bits per heavy atom. The van der Waals surface area contributed by atoms with Crippen molar-refractivity contribution in [3.8, 4) is 5.88 Å². The molecule has 0 radical (unpaired) electrons. The molecule has 7 heteroatoms. The maximum Gasteiger partial charge on any atom is 0.259 e. The minimum atomic E-state index is -1.88. The fourth-order valence-corrected chi connectivity index (χ4v) is 4.13. The van der Waals surface area contributed by atoms with E-state index in [4.69, 9.17) is 20.8 Å². The molecule has 29 heavy (non-hydrogen) atoms. The fourth-order valence-electron chi connectivity index (χ4n) is 2.96. The van der Waals surface area contributed by atoms with Crippen molar-refractivity contribution in [2.75, 3.05) is 19.7 Å². The highest BCUT2D eigenvalue weighted by molar-refractivity contribution is 6.74. The Morgan fingerprint density at radius 3 is 2.55 bits per heavy atom. The number of carbonyl (C=O) groups excluding carboxylic acids is 1. The summed E-state index contributed by atoms with van der Waals surface area (Å²) in [6, 6.07) is 13.2. The number of carbonyl (C=O) groups is 1. The first-order chi connectivity index (χ1) is 13.6. The van der Waals surface area contributed by atoms with Gasteiger partial charge in [-0.05, 0) is 35.8 Å². The monoisotopic (exact) mass is 432 g/mol. The molecule has 1 amide bonds. The van der Waals surface area contributed by atoms with Crippen molar-refractivity contribution in [3.05, 3.63) is 58.7 Å². The molecular weight excluding hydrogens is 404 g/mol. The van der Waals surface area contributed by atoms with E-state index in [0.717, 1.165) is 5.56 Å². The summed E-state index contributed by atoms with van der Waals surface area (Å²) < 4.78 is 12.4. The van der Waals surface area contributed by atoms with E-state index in [2.05, 4.69) is 38.8 Å². The first-order valence-electron chi connectivity index (χ1n) is 9.90. The topological polar surface area (TPSA) is 51.7 Å². The standard InChI is InChI=1S/C22H29ClN2O3Si/c1-22(2,3)29(4,5)27-14-13-25-15-18(16-9-7-6-8-10-16)28-20-17(21(25)26)11-12-19(23)24-20/h6-12,18H,13-15H2,1-5H3. The maximum atomic E-state index is 13.2. The summed E-state index contributed by atoms with van der Waals surface area (Å²) in [5.74, 6) is 0.172. The lowest BCUT2D eigenvalue weighted by Gasteiger charge is -2.36. The summed E-state index contributed by atoms with van der Waals surface area (Å²) in [5.41, 5.74) is 1.42. The summed E-state index contributed by atoms with van der Waals surface area (Å²) in [7, 11) is -1.88. The van der Waals surface area contributed by atoms with E-state index in [1.807, 2.05) is 30.3 Å². The van der Waals surface area contributed by atoms with E-state index < -0.39 is 8.32 Å². The molecule has 1 aliphatic rings. The van der Waals surface area contributed by atoms with E-state index in [9.17, 15) is 4.79 Å². The summed E-state index contributed by atoms with van der Waals surface area (Å²) >= 11 is 6.05. The van der Waals surface area contributed by atoms with Crippen molar-refractivity contribution in [2.45, 2.75) is 45.0 Å². The number of hydrogen-bond donors (Lipinski definition) is 0. The second-order valence-corrected chi connectivity index (χ2v) is 14.1. The van der Waals surface area contributed by atoms with Crippen molar-refractivity contribution < 1.29 is 14.0 Å². The molecule has 0 aliphatic carbocycles. The summed E-state index contributed by atoms with van der Waals surface area (Å²) in [6.45, 7) is 12.5. The van der Waals surface area contributed by atoms with Crippen LogP contribution < -0.4 is 4.74 Å². The molecule has 3 rings (SSSR count). The van der Waals surface area contributed by atoms with Crippen LogP contribution in [-0.4, -0.2) is 43.8 Å². The molecule has 1 atom stereocenters. The van der Waals surface area contributed by atoms with Crippen LogP contribution in [0.5, 0.6) is 5.88 Å². The third-order valence-electron chi connectivity index (χ3n) is 5.79. The van der Waals surface area contributed by atoms with Crippen LogP contribution in [0, 0.1) is 0 Å². The minimum absolute atomic E-state index is 0.110. The molecule has 156 valence electrons. The van der Waals surface area contributed by atoms with Crippen LogP contribution in [0.1, 0.15) is 42.8 Å². The zero-order chi connectivity index (χ0) is 21.2. The van der Waals surface area contributed by atoms with Gasteiger partial charge in [0, 0.05) is 6.54 Å². The van der Waals surface area contributed by atoms with Gasteiger partial charge in [0.1, 0.15) is 16.8 Å². The van der Waals surface area contributed by atoms with E-state index in [0.29, 0.717) is 30.4 Å². The Morgan fingerprint density at radius 2 is 1.90 bits per heavy atom. The number of hydrogen-bond acceptors (Lipinski definition) is 4. The predicted octanol–water partition coefficient (Wildman–Crippen LogP) is 5.33. The molecule has 1 aliphatic heterocycles. The third-order valence-corrected chi connectivity index (χ3v) is 10.5. The first kappa shape index (κ1) is 21.8. The van der Waals surface area contributed by atoms with Gasteiger partial charge in [-0.2, -0.15) is 0 Å². The maximum absolute atomic E-state index is 13.2. The fraction of sp³-hybridized carbons (Fsp3) is 0.455. The van der Waals surface area contributed by atoms with Crippen LogP contribution >= 0.6 is 11.6 Å². The lowest BCUT2D eigenvalue weighted by atomic mass is 10.1. The first-order valence-corrected chi connectivity index (χ1v) is 13.2. The van der Waals surface area contributed by atoms with Crippen molar-refractivity contribution in [1.82, 2.24) is 9.88 Å². The number of ether oxygens (including phenoxy) is 1. The van der Waals surface area contributed by atoms with Crippen LogP contribution in [0.4, 0.5) is 0 Å². The molecule has 5 nitrogen and oxygen atoms in total. The highest BCUT2D eigenvalue weighted by Crippen LogP contribution is 2.36. The number of halogens is 1. The van der Waals surface area contributed by atoms with Crippen LogP contribution in [0.2, 0.25) is 23.3 Å². The van der Waals surface area contributed by atoms with Gasteiger partial charge < -0.3 is 14.1 Å². The Balaban J connectivity index is 1.84. The third kappa shape index (κ3) is 5.00. The molecule has 0 bridgehead atoms. The van der Waals surface area contributed by atoms with Crippen LogP contribution in [0.3, 0.4) is 0 Å². The number of rotatable bonds is 5. The smallest absolute Gasteiger partial charge is 0.259 e. The average Bonchev–Trinajstić information content (AvgIpc) is 2.78. The van der Waals surface area contributed by atoms with Crippen molar-refractivity contribution in [3.63, 3.8) is 0 Å². The molecule has 0 saturated carbocycles. The minimum Gasteiger partial charge on any atom is -0.467 e. The molecule has 1 aromatic heterocycles. The summed E-state index contributed by atoms with van der Waals surface area (Å²) in [5, 5.41) is 0.428. The lowest BCUT2D eigenvalue weighted by Crippen LogP contribution is -2.44. The number of aromatic nitrogens is 1. The van der Waals surface area contributed by atoms with Gasteiger partial charge in [-0.3, -0.25) is 4.79 Å². The van der Waals surface area contributed by atoms with E-state index >= 15 is 0 Å². The molecule has 0 fully saturated rings. The molecule has 0 spiro atoms. The Kier molecular flexibility index (Phi) is 6.36. The van der Waals surface area contributed by atoms with Crippen LogP contribution in [0.15, 0.2) is 42.5 Å². The zero-order valence-electron chi connectivity index (χ0n) is 17.7. The Hall–Kier alpha value is -1.89. The van der Waals surface area contributed by atoms with Crippen molar-refractivity contribution >= 4 is 25.8 Å². The van der Waals surface area contributed by atoms with Gasteiger partial charge in [0.2, 0.25) is 5.88 Å². The molecule has 1 aromatic carbocycles. The second-order valence-electron chi connectivity index (χ2n) is 8.86. The lowest BCUT2D eigenvalue weighted by molar-refractivity contribution is 0.0672. The SMILES string of the molecule is CC(C)(C)[Si](C)(C)OCCN1CC(c2ccccc2)Oc2nc(Cl)ccc2C1=O. The van der Waals surface area contributed by atoms with Gasteiger partial charge in [-0.25, -0.2) is 4.98 Å². The normalized spacial score (nSPS) is 17.5. The summed E-state index contributed by atoms with van der Waals surface area (Å²) in [6.07, 6.45) is -0.319. The number of benzene rings is 1. The van der Waals surface area contributed by atoms with Gasteiger partial charge in [-0.1, -0.05) is 62.7 Å². The number of pyridine rings is 1. The van der Waals surface area contributed by atoms with Gasteiger partial charge in [0.25, 0.3) is 5.91 Å². The van der Waals surface area contributed by atoms with E-state index in [1.165, 1.54) is 0 Å². The Labute approximate surface area is 179 Å². The second kappa shape index (κ2) is 8.46. The molecular formula is C22H29ClN2O3Si. The van der Waals surface area contributed by atoms with E-state index in [1.54, 1.807) is 17.0 Å². The number of nitrogens with zero attached hydrogens (tertiary/aromatic N) is 2. The molecule has 1 unspecified atom stereocenters. The summed E-state index contributed by atoms with van der Waals surface area (Å²) in [4.78, 5) is 19.3. The highest BCUT2D eigenvalue weighted by Gasteiger charge is 2.37. The Bertz CT molecular complexity index is 868. The molecule has 2 aromatic rings. The van der Waals surface area contributed by atoms with Gasteiger partial charge in [0.05, 0.1) is 13.2 Å². The van der Waals surface area contributed by atoms with Gasteiger partial charge in [0.15, 0.2) is 8.32 Å². The largest absolute Gasteiger partial charge is 0.467 e. The van der Waals surface area contributed by atoms with E-state index in [-0.39, 0.29) is 22.9 Å². The van der Waals surface area contributed by atoms with Gasteiger partial charge >= 0.3 is 0 Å². The van der Waals surface area contributed by atoms with Crippen LogP contribution in [0.25, 0.3) is 0 Å². The average molecular weight is 433 g/mol. The number of amides is 1. The van der Waals surface area contributed by atoms with Crippen molar-refractivity contribution in [2.24, 2.45) is 0 Å². The zero-order valence-corrected chi connectivity index (χ0v) is 19.5. The molecule has 0 N–H and O–H groups in total. The van der Waals surface area contributed by atoms with Crippen molar-refractivity contribution in [1.29, 1.82) is 0 Å². The quantitative estimate of drug-likeness (QED) is 0.473. The molecule has 2 heterocycles. The molecule has 0 saturated heterocycles.